The van der Waals surface area contributed by atoms with Gasteiger partial charge in [-0.3, -0.25) is 4.79 Å². The van der Waals surface area contributed by atoms with E-state index in [-0.39, 0.29) is 12.5 Å². The predicted octanol–water partition coefficient (Wildman–Crippen LogP) is 3.66. The monoisotopic (exact) mass is 370 g/mol. The number of para-hydroxylation sites is 1. The summed E-state index contributed by atoms with van der Waals surface area (Å²) in [5.74, 6) is 1.90. The van der Waals surface area contributed by atoms with Crippen LogP contribution in [-0.4, -0.2) is 32.9 Å². The van der Waals surface area contributed by atoms with Gasteiger partial charge in [-0.25, -0.2) is 5.43 Å². The number of rotatable bonds is 8. The van der Waals surface area contributed by atoms with Crippen LogP contribution in [-0.2, 0) is 4.79 Å². The molecule has 0 bridgehead atoms. The highest BCUT2D eigenvalue weighted by atomic mass is 16.5. The lowest BCUT2D eigenvalue weighted by Crippen LogP contribution is -2.24. The van der Waals surface area contributed by atoms with E-state index in [2.05, 4.69) is 30.4 Å². The topological polar surface area (TPSA) is 69.2 Å². The molecule has 0 aliphatic carbocycles. The molecule has 0 heterocycles. The molecule has 0 unspecified atom stereocenters. The van der Waals surface area contributed by atoms with Crippen molar-refractivity contribution in [2.24, 2.45) is 5.10 Å². The Morgan fingerprint density at radius 3 is 2.59 bits per heavy atom. The molecule has 0 atom stereocenters. The molecule has 2 rings (SSSR count). The summed E-state index contributed by atoms with van der Waals surface area (Å²) in [7, 11) is 3.11. The molecule has 0 spiro atoms. The minimum Gasteiger partial charge on any atom is -0.493 e. The summed E-state index contributed by atoms with van der Waals surface area (Å²) in [4.78, 5) is 12.0. The van der Waals surface area contributed by atoms with Crippen molar-refractivity contribution in [3.8, 4) is 17.2 Å². The first-order valence-corrected chi connectivity index (χ1v) is 8.72. The molecule has 0 radical (unpaired) electrons. The third-order valence-corrected chi connectivity index (χ3v) is 4.06. The molecule has 1 N–H and O–H groups in total. The van der Waals surface area contributed by atoms with Crippen molar-refractivity contribution >= 4 is 12.1 Å². The summed E-state index contributed by atoms with van der Waals surface area (Å²) in [5.41, 5.74) is 5.30. The van der Waals surface area contributed by atoms with Crippen molar-refractivity contribution < 1.29 is 19.0 Å². The molecule has 6 heteroatoms. The zero-order chi connectivity index (χ0) is 19.8. The standard InChI is InChI=1S/C21H26N2O4/c1-14(2)16-10-9-15(3)19(11-16)27-13-20(24)23-22-12-17-7-6-8-18(25-4)21(17)26-5/h6-12,14H,13H2,1-5H3,(H,23,24). The van der Waals surface area contributed by atoms with Gasteiger partial charge >= 0.3 is 0 Å². The van der Waals surface area contributed by atoms with Gasteiger partial charge in [0.15, 0.2) is 18.1 Å². The van der Waals surface area contributed by atoms with E-state index in [0.717, 1.165) is 5.56 Å². The van der Waals surface area contributed by atoms with Crippen LogP contribution in [0.1, 0.15) is 36.5 Å². The smallest absolute Gasteiger partial charge is 0.277 e. The molecular formula is C21H26N2O4. The summed E-state index contributed by atoms with van der Waals surface area (Å²) in [6.45, 7) is 6.06. The van der Waals surface area contributed by atoms with Crippen molar-refractivity contribution in [3.63, 3.8) is 0 Å². The minimum atomic E-state index is -0.345. The van der Waals surface area contributed by atoms with Crippen LogP contribution in [0.5, 0.6) is 17.2 Å². The van der Waals surface area contributed by atoms with Crippen molar-refractivity contribution in [1.82, 2.24) is 5.43 Å². The van der Waals surface area contributed by atoms with Crippen LogP contribution in [0.25, 0.3) is 0 Å². The summed E-state index contributed by atoms with van der Waals surface area (Å²) >= 11 is 0. The Bertz CT molecular complexity index is 816. The van der Waals surface area contributed by atoms with Gasteiger partial charge in [0.2, 0.25) is 0 Å². The van der Waals surface area contributed by atoms with E-state index in [0.29, 0.717) is 28.7 Å². The summed E-state index contributed by atoms with van der Waals surface area (Å²) in [6, 6.07) is 11.5. The molecule has 144 valence electrons. The number of carbonyl (C=O) groups excluding carboxylic acids is 1. The molecule has 27 heavy (non-hydrogen) atoms. The van der Waals surface area contributed by atoms with Crippen LogP contribution >= 0.6 is 0 Å². The van der Waals surface area contributed by atoms with Gasteiger partial charge < -0.3 is 14.2 Å². The lowest BCUT2D eigenvalue weighted by molar-refractivity contribution is -0.123. The van der Waals surface area contributed by atoms with Crippen LogP contribution in [0, 0.1) is 6.92 Å². The van der Waals surface area contributed by atoms with E-state index in [1.165, 1.54) is 11.8 Å². The Balaban J connectivity index is 1.96. The summed E-state index contributed by atoms with van der Waals surface area (Å²) < 4.78 is 16.2. The average molecular weight is 370 g/mol. The third-order valence-electron chi connectivity index (χ3n) is 4.06. The molecule has 0 fully saturated rings. The summed E-state index contributed by atoms with van der Waals surface area (Å²) in [5, 5.41) is 3.97. The van der Waals surface area contributed by atoms with Crippen LogP contribution in [0.2, 0.25) is 0 Å². The van der Waals surface area contributed by atoms with Gasteiger partial charge in [0, 0.05) is 5.56 Å². The maximum atomic E-state index is 12.0. The van der Waals surface area contributed by atoms with Crippen LogP contribution in [0.4, 0.5) is 0 Å². The predicted molar refractivity (Wildman–Crippen MR) is 106 cm³/mol. The van der Waals surface area contributed by atoms with Gasteiger partial charge in [-0.05, 0) is 42.2 Å². The lowest BCUT2D eigenvalue weighted by Gasteiger charge is -2.12. The van der Waals surface area contributed by atoms with E-state index >= 15 is 0 Å². The molecule has 0 aromatic heterocycles. The van der Waals surface area contributed by atoms with Crippen molar-refractivity contribution in [1.29, 1.82) is 0 Å². The first-order chi connectivity index (χ1) is 13.0. The van der Waals surface area contributed by atoms with Crippen molar-refractivity contribution in [2.45, 2.75) is 26.7 Å². The largest absolute Gasteiger partial charge is 0.493 e. The van der Waals surface area contributed by atoms with Crippen LogP contribution in [0.15, 0.2) is 41.5 Å². The zero-order valence-electron chi connectivity index (χ0n) is 16.4. The molecule has 0 aliphatic rings. The molecule has 2 aromatic carbocycles. The van der Waals surface area contributed by atoms with Gasteiger partial charge in [-0.1, -0.05) is 32.0 Å². The molecule has 6 nitrogen and oxygen atoms in total. The number of amides is 1. The number of aryl methyl sites for hydroxylation is 1. The first kappa shape index (κ1) is 20.3. The Kier molecular flexibility index (Phi) is 7.23. The number of nitrogens with zero attached hydrogens (tertiary/aromatic N) is 1. The number of nitrogens with one attached hydrogen (secondary N) is 1. The van der Waals surface area contributed by atoms with Gasteiger partial charge in [0.05, 0.1) is 20.4 Å². The van der Waals surface area contributed by atoms with Crippen LogP contribution in [0.3, 0.4) is 0 Å². The minimum absolute atomic E-state index is 0.116. The normalized spacial score (nSPS) is 10.9. The first-order valence-electron chi connectivity index (χ1n) is 8.72. The van der Waals surface area contributed by atoms with E-state index in [9.17, 15) is 4.79 Å². The Labute approximate surface area is 160 Å². The number of hydrogen-bond acceptors (Lipinski definition) is 5. The number of ether oxygens (including phenoxy) is 3. The van der Waals surface area contributed by atoms with Gasteiger partial charge in [-0.2, -0.15) is 5.10 Å². The molecule has 0 saturated carbocycles. The second-order valence-corrected chi connectivity index (χ2v) is 6.34. The SMILES string of the molecule is COc1cccc(C=NNC(=O)COc2cc(C(C)C)ccc2C)c1OC. The molecule has 0 aliphatic heterocycles. The highest BCUT2D eigenvalue weighted by Crippen LogP contribution is 2.29. The average Bonchev–Trinajstić information content (AvgIpc) is 2.66. The van der Waals surface area contributed by atoms with E-state index in [1.807, 2.05) is 31.2 Å². The van der Waals surface area contributed by atoms with E-state index in [1.54, 1.807) is 20.3 Å². The third kappa shape index (κ3) is 5.48. The maximum Gasteiger partial charge on any atom is 0.277 e. The molecule has 2 aromatic rings. The van der Waals surface area contributed by atoms with Crippen molar-refractivity contribution in [2.75, 3.05) is 20.8 Å². The quantitative estimate of drug-likeness (QED) is 0.569. The Hall–Kier alpha value is -3.02. The highest BCUT2D eigenvalue weighted by molar-refractivity contribution is 5.86. The van der Waals surface area contributed by atoms with Gasteiger partial charge in [0.25, 0.3) is 5.91 Å². The molecule has 0 saturated heterocycles. The summed E-state index contributed by atoms with van der Waals surface area (Å²) in [6.07, 6.45) is 1.50. The van der Waals surface area contributed by atoms with E-state index < -0.39 is 0 Å². The number of hydrogen-bond donors (Lipinski definition) is 1. The Morgan fingerprint density at radius 1 is 1.15 bits per heavy atom. The fourth-order valence-electron chi connectivity index (χ4n) is 2.49. The van der Waals surface area contributed by atoms with Gasteiger partial charge in [-0.15, -0.1) is 0 Å². The van der Waals surface area contributed by atoms with E-state index in [4.69, 9.17) is 14.2 Å². The number of methoxy groups -OCH3 is 2. The Morgan fingerprint density at radius 2 is 1.93 bits per heavy atom. The second-order valence-electron chi connectivity index (χ2n) is 6.34. The van der Waals surface area contributed by atoms with Crippen LogP contribution < -0.4 is 19.6 Å². The number of benzene rings is 2. The zero-order valence-corrected chi connectivity index (χ0v) is 16.4. The lowest BCUT2D eigenvalue weighted by atomic mass is 10.0. The highest BCUT2D eigenvalue weighted by Gasteiger charge is 2.09. The second kappa shape index (κ2) is 9.62. The van der Waals surface area contributed by atoms with Gasteiger partial charge in [0.1, 0.15) is 5.75 Å². The fraction of sp³-hybridized carbons (Fsp3) is 0.333. The molecular weight excluding hydrogens is 344 g/mol. The number of carbonyl (C=O) groups is 1. The number of hydrazone groups is 1. The maximum absolute atomic E-state index is 12.0. The van der Waals surface area contributed by atoms with Crippen molar-refractivity contribution in [3.05, 3.63) is 53.1 Å². The molecule has 1 amide bonds. The fourth-order valence-corrected chi connectivity index (χ4v) is 2.49.